The Hall–Kier alpha value is -2.53. The predicted octanol–water partition coefficient (Wildman–Crippen LogP) is 2.49. The molecule has 0 bridgehead atoms. The molecule has 0 atom stereocenters. The van der Waals surface area contributed by atoms with E-state index in [0.717, 1.165) is 11.1 Å². The van der Waals surface area contributed by atoms with Crippen LogP contribution in [0.5, 0.6) is 5.75 Å². The predicted molar refractivity (Wildman–Crippen MR) is 93.4 cm³/mol. The second-order valence-electron chi connectivity index (χ2n) is 5.38. The molecule has 6 heteroatoms. The van der Waals surface area contributed by atoms with Gasteiger partial charge in [0.2, 0.25) is 0 Å². The van der Waals surface area contributed by atoms with E-state index in [9.17, 15) is 9.59 Å². The number of nitrogens with two attached hydrogens (primary N) is 1. The quantitative estimate of drug-likeness (QED) is 0.808. The molecule has 2 aromatic rings. The zero-order valence-electron chi connectivity index (χ0n) is 13.3. The number of nitrogens with one attached hydrogen (secondary N) is 1. The van der Waals surface area contributed by atoms with Gasteiger partial charge in [0, 0.05) is 11.6 Å². The van der Waals surface area contributed by atoms with E-state index < -0.39 is 5.91 Å². The number of amides is 2. The van der Waals surface area contributed by atoms with Gasteiger partial charge in [0.05, 0.1) is 5.56 Å². The molecule has 126 valence electrons. The first-order chi connectivity index (χ1) is 11.5. The van der Waals surface area contributed by atoms with Crippen LogP contribution in [0.1, 0.15) is 21.5 Å². The van der Waals surface area contributed by atoms with Crippen molar-refractivity contribution in [3.05, 3.63) is 64.2 Å². The van der Waals surface area contributed by atoms with Crippen molar-refractivity contribution in [2.24, 2.45) is 5.73 Å². The molecule has 0 radical (unpaired) electrons. The minimum absolute atomic E-state index is 0.181. The van der Waals surface area contributed by atoms with Crippen LogP contribution in [0.2, 0.25) is 5.02 Å². The number of carbonyl (C=O) groups is 2. The molecule has 0 unspecified atom stereocenters. The minimum Gasteiger partial charge on any atom is -0.483 e. The smallest absolute Gasteiger partial charge is 0.257 e. The second kappa shape index (κ2) is 8.36. The summed E-state index contributed by atoms with van der Waals surface area (Å²) in [6, 6.07) is 12.5. The number of rotatable bonds is 7. The average Bonchev–Trinajstić information content (AvgIpc) is 2.53. The minimum atomic E-state index is -0.591. The molecule has 0 saturated carbocycles. The number of primary amides is 1. The van der Waals surface area contributed by atoms with Crippen LogP contribution in [0.15, 0.2) is 42.5 Å². The van der Waals surface area contributed by atoms with Crippen LogP contribution in [0.3, 0.4) is 0 Å². The number of benzene rings is 2. The summed E-state index contributed by atoms with van der Waals surface area (Å²) in [7, 11) is 0. The molecule has 0 fully saturated rings. The zero-order valence-corrected chi connectivity index (χ0v) is 14.1. The number of hydrogen-bond acceptors (Lipinski definition) is 3. The van der Waals surface area contributed by atoms with Crippen LogP contribution in [0.4, 0.5) is 0 Å². The Morgan fingerprint density at radius 1 is 1.21 bits per heavy atom. The third kappa shape index (κ3) is 5.28. The SMILES string of the molecule is Cc1ccc(C(N)=O)c(OCC(=O)NCCc2cccc(Cl)c2)c1. The van der Waals surface area contributed by atoms with Crippen LogP contribution in [0, 0.1) is 6.92 Å². The Morgan fingerprint density at radius 2 is 2.00 bits per heavy atom. The average molecular weight is 347 g/mol. The molecule has 2 aromatic carbocycles. The zero-order chi connectivity index (χ0) is 17.5. The Bertz CT molecular complexity index is 747. The molecule has 2 amide bonds. The van der Waals surface area contributed by atoms with Crippen LogP contribution in [0.25, 0.3) is 0 Å². The second-order valence-corrected chi connectivity index (χ2v) is 5.82. The summed E-state index contributed by atoms with van der Waals surface area (Å²) in [6.45, 7) is 2.15. The lowest BCUT2D eigenvalue weighted by Gasteiger charge is -2.11. The van der Waals surface area contributed by atoms with Gasteiger partial charge >= 0.3 is 0 Å². The molecule has 0 aliphatic heterocycles. The molecule has 3 N–H and O–H groups in total. The van der Waals surface area contributed by atoms with Crippen molar-refractivity contribution < 1.29 is 14.3 Å². The van der Waals surface area contributed by atoms with Gasteiger partial charge in [-0.05, 0) is 48.7 Å². The van der Waals surface area contributed by atoms with Crippen molar-refractivity contribution in [2.75, 3.05) is 13.2 Å². The molecular weight excluding hydrogens is 328 g/mol. The van der Waals surface area contributed by atoms with Gasteiger partial charge in [-0.15, -0.1) is 0 Å². The highest BCUT2D eigenvalue weighted by Gasteiger charge is 2.11. The third-order valence-corrected chi connectivity index (χ3v) is 3.62. The van der Waals surface area contributed by atoms with Crippen LogP contribution >= 0.6 is 11.6 Å². The molecule has 0 heterocycles. The molecular formula is C18H19ClN2O3. The summed E-state index contributed by atoms with van der Waals surface area (Å²) in [4.78, 5) is 23.2. The summed E-state index contributed by atoms with van der Waals surface area (Å²) in [5.74, 6) is -0.548. The molecule has 0 aliphatic carbocycles. The van der Waals surface area contributed by atoms with Crippen molar-refractivity contribution >= 4 is 23.4 Å². The van der Waals surface area contributed by atoms with E-state index >= 15 is 0 Å². The summed E-state index contributed by atoms with van der Waals surface area (Å²) < 4.78 is 5.43. The van der Waals surface area contributed by atoms with Gasteiger partial charge in [-0.2, -0.15) is 0 Å². The monoisotopic (exact) mass is 346 g/mol. The van der Waals surface area contributed by atoms with Gasteiger partial charge in [0.1, 0.15) is 5.75 Å². The van der Waals surface area contributed by atoms with Gasteiger partial charge in [-0.3, -0.25) is 9.59 Å². The topological polar surface area (TPSA) is 81.4 Å². The maximum Gasteiger partial charge on any atom is 0.257 e. The Balaban J connectivity index is 1.83. The number of halogens is 1. The standard InChI is InChI=1S/C18H19ClN2O3/c1-12-5-6-15(18(20)23)16(9-12)24-11-17(22)21-8-7-13-3-2-4-14(19)10-13/h2-6,9-10H,7-8,11H2,1H3,(H2,20,23)(H,21,22). The maximum absolute atomic E-state index is 11.9. The van der Waals surface area contributed by atoms with Crippen LogP contribution < -0.4 is 15.8 Å². The highest BCUT2D eigenvalue weighted by Crippen LogP contribution is 2.19. The fraction of sp³-hybridized carbons (Fsp3) is 0.222. The van der Waals surface area contributed by atoms with E-state index in [2.05, 4.69) is 5.32 Å². The first-order valence-corrected chi connectivity index (χ1v) is 7.88. The summed E-state index contributed by atoms with van der Waals surface area (Å²) in [6.07, 6.45) is 0.670. The fourth-order valence-corrected chi connectivity index (χ4v) is 2.40. The van der Waals surface area contributed by atoms with E-state index in [1.54, 1.807) is 24.3 Å². The Morgan fingerprint density at radius 3 is 2.71 bits per heavy atom. The first-order valence-electron chi connectivity index (χ1n) is 7.50. The molecule has 0 spiro atoms. The third-order valence-electron chi connectivity index (χ3n) is 3.39. The molecule has 0 aromatic heterocycles. The van der Waals surface area contributed by atoms with E-state index in [1.807, 2.05) is 25.1 Å². The van der Waals surface area contributed by atoms with Gasteiger partial charge in [-0.25, -0.2) is 0 Å². The van der Waals surface area contributed by atoms with Crippen molar-refractivity contribution in [1.29, 1.82) is 0 Å². The number of ether oxygens (including phenoxy) is 1. The van der Waals surface area contributed by atoms with E-state index in [1.165, 1.54) is 0 Å². The van der Waals surface area contributed by atoms with Gasteiger partial charge in [0.15, 0.2) is 6.61 Å². The van der Waals surface area contributed by atoms with Crippen molar-refractivity contribution in [3.8, 4) is 5.75 Å². The molecule has 2 rings (SSSR count). The molecule has 24 heavy (non-hydrogen) atoms. The van der Waals surface area contributed by atoms with Gasteiger partial charge < -0.3 is 15.8 Å². The lowest BCUT2D eigenvalue weighted by Crippen LogP contribution is -2.31. The van der Waals surface area contributed by atoms with Gasteiger partial charge in [0.25, 0.3) is 11.8 Å². The van der Waals surface area contributed by atoms with Crippen molar-refractivity contribution in [3.63, 3.8) is 0 Å². The largest absolute Gasteiger partial charge is 0.483 e. The first kappa shape index (κ1) is 17.8. The van der Waals surface area contributed by atoms with Crippen LogP contribution in [-0.4, -0.2) is 25.0 Å². The van der Waals surface area contributed by atoms with Crippen molar-refractivity contribution in [2.45, 2.75) is 13.3 Å². The number of carbonyl (C=O) groups excluding carboxylic acids is 2. The van der Waals surface area contributed by atoms with E-state index in [-0.39, 0.29) is 18.1 Å². The van der Waals surface area contributed by atoms with E-state index in [4.69, 9.17) is 22.1 Å². The summed E-state index contributed by atoms with van der Waals surface area (Å²) in [5.41, 5.74) is 7.51. The lowest BCUT2D eigenvalue weighted by atomic mass is 10.1. The lowest BCUT2D eigenvalue weighted by molar-refractivity contribution is -0.123. The highest BCUT2D eigenvalue weighted by molar-refractivity contribution is 6.30. The molecule has 0 saturated heterocycles. The van der Waals surface area contributed by atoms with Gasteiger partial charge in [-0.1, -0.05) is 29.8 Å². The molecule has 5 nitrogen and oxygen atoms in total. The van der Waals surface area contributed by atoms with E-state index in [0.29, 0.717) is 23.7 Å². The molecule has 0 aliphatic rings. The maximum atomic E-state index is 11.9. The summed E-state index contributed by atoms with van der Waals surface area (Å²) in [5, 5.41) is 3.43. The fourth-order valence-electron chi connectivity index (χ4n) is 2.19. The normalized spacial score (nSPS) is 10.2. The highest BCUT2D eigenvalue weighted by atomic mass is 35.5. The van der Waals surface area contributed by atoms with Crippen LogP contribution in [-0.2, 0) is 11.2 Å². The number of hydrogen-bond donors (Lipinski definition) is 2. The van der Waals surface area contributed by atoms with Crippen molar-refractivity contribution in [1.82, 2.24) is 5.32 Å². The Kier molecular flexibility index (Phi) is 6.21. The number of aryl methyl sites for hydroxylation is 1. The summed E-state index contributed by atoms with van der Waals surface area (Å²) >= 11 is 5.91. The Labute approximate surface area is 145 Å².